The molecule has 0 spiro atoms. The fourth-order valence-corrected chi connectivity index (χ4v) is 1.07. The van der Waals surface area contributed by atoms with Crippen LogP contribution in [0.25, 0.3) is 0 Å². The molecule has 7 nitrogen and oxygen atoms in total. The maximum Gasteiger partial charge on any atom is 0.250 e. The molecule has 3 N–H and O–H groups in total. The first-order chi connectivity index (χ1) is 7.27. The highest BCUT2D eigenvalue weighted by Gasteiger charge is 2.14. The Kier molecular flexibility index (Phi) is 4.72. The summed E-state index contributed by atoms with van der Waals surface area (Å²) in [6.45, 7) is 1.22. The lowest BCUT2D eigenvalue weighted by Crippen LogP contribution is -2.41. The number of amides is 1. The predicted molar refractivity (Wildman–Crippen MR) is 52.9 cm³/mol. The third-order valence-electron chi connectivity index (χ3n) is 1.90. The Morgan fingerprint density at radius 1 is 1.73 bits per heavy atom. The zero-order chi connectivity index (χ0) is 11.1. The van der Waals surface area contributed by atoms with Gasteiger partial charge >= 0.3 is 0 Å². The lowest BCUT2D eigenvalue weighted by molar-refractivity contribution is -0.130. The van der Waals surface area contributed by atoms with Gasteiger partial charge < -0.3 is 15.8 Å². The minimum absolute atomic E-state index is 0.172. The molecule has 0 radical (unpaired) electrons. The molecule has 0 saturated carbocycles. The van der Waals surface area contributed by atoms with Crippen molar-refractivity contribution in [1.29, 1.82) is 0 Å². The topological polar surface area (TPSA) is 95.1 Å². The number of nitrogens with zero attached hydrogens (tertiary/aromatic N) is 3. The van der Waals surface area contributed by atoms with Crippen molar-refractivity contribution in [2.45, 2.75) is 12.6 Å². The van der Waals surface area contributed by atoms with E-state index in [1.165, 1.54) is 7.11 Å². The van der Waals surface area contributed by atoms with Crippen LogP contribution in [0.1, 0.15) is 0 Å². The lowest BCUT2D eigenvalue weighted by Gasteiger charge is -2.12. The highest BCUT2D eigenvalue weighted by atomic mass is 16.5. The van der Waals surface area contributed by atoms with Crippen LogP contribution < -0.4 is 11.1 Å². The van der Waals surface area contributed by atoms with Crippen molar-refractivity contribution in [1.82, 2.24) is 20.3 Å². The van der Waals surface area contributed by atoms with Crippen molar-refractivity contribution in [3.63, 3.8) is 0 Å². The van der Waals surface area contributed by atoms with Crippen LogP contribution in [-0.2, 0) is 16.1 Å². The molecular weight excluding hydrogens is 198 g/mol. The van der Waals surface area contributed by atoms with Gasteiger partial charge in [-0.2, -0.15) is 0 Å². The highest BCUT2D eigenvalue weighted by molar-refractivity contribution is 5.80. The summed E-state index contributed by atoms with van der Waals surface area (Å²) in [7, 11) is 1.45. The van der Waals surface area contributed by atoms with Crippen LogP contribution in [0.15, 0.2) is 12.4 Å². The summed E-state index contributed by atoms with van der Waals surface area (Å²) < 4.78 is 6.51. The SMILES string of the molecule is COC(CN)C(=O)NCCn1ccnn1. The number of hydrogen-bond acceptors (Lipinski definition) is 5. The standard InChI is InChI=1S/C8H15N5O2/c1-15-7(6-9)8(14)10-2-4-13-5-3-11-12-13/h3,5,7H,2,4,6,9H2,1H3,(H,10,14). The number of aromatic nitrogens is 3. The molecular formula is C8H15N5O2. The minimum atomic E-state index is -0.583. The van der Waals surface area contributed by atoms with E-state index in [1.807, 2.05) is 0 Å². The van der Waals surface area contributed by atoms with Crippen LogP contribution in [0.3, 0.4) is 0 Å². The molecule has 15 heavy (non-hydrogen) atoms. The van der Waals surface area contributed by atoms with E-state index in [0.717, 1.165) is 0 Å². The molecule has 0 aliphatic carbocycles. The third kappa shape index (κ3) is 3.64. The first kappa shape index (κ1) is 11.6. The molecule has 0 saturated heterocycles. The maximum absolute atomic E-state index is 11.4. The molecule has 0 aromatic carbocycles. The molecule has 0 aliphatic rings. The Morgan fingerprint density at radius 3 is 3.07 bits per heavy atom. The van der Waals surface area contributed by atoms with E-state index in [4.69, 9.17) is 10.5 Å². The molecule has 84 valence electrons. The van der Waals surface area contributed by atoms with Crippen molar-refractivity contribution < 1.29 is 9.53 Å². The average Bonchev–Trinajstić information content (AvgIpc) is 2.72. The lowest BCUT2D eigenvalue weighted by atomic mass is 10.3. The van der Waals surface area contributed by atoms with E-state index in [9.17, 15) is 4.79 Å². The summed E-state index contributed by atoms with van der Waals surface area (Å²) in [6, 6.07) is 0. The van der Waals surface area contributed by atoms with Crippen molar-refractivity contribution in [3.8, 4) is 0 Å². The zero-order valence-electron chi connectivity index (χ0n) is 8.59. The van der Waals surface area contributed by atoms with Crippen LogP contribution in [-0.4, -0.2) is 47.2 Å². The quantitative estimate of drug-likeness (QED) is 0.591. The molecule has 0 aliphatic heterocycles. The summed E-state index contributed by atoms with van der Waals surface area (Å²) >= 11 is 0. The molecule has 0 fully saturated rings. The van der Waals surface area contributed by atoms with Gasteiger partial charge in [-0.15, -0.1) is 5.10 Å². The van der Waals surface area contributed by atoms with E-state index in [1.54, 1.807) is 17.1 Å². The van der Waals surface area contributed by atoms with Crippen LogP contribution >= 0.6 is 0 Å². The number of hydrogen-bond donors (Lipinski definition) is 2. The van der Waals surface area contributed by atoms with Gasteiger partial charge in [-0.3, -0.25) is 9.48 Å². The number of carbonyl (C=O) groups is 1. The molecule has 1 rings (SSSR count). The smallest absolute Gasteiger partial charge is 0.250 e. The summed E-state index contributed by atoms with van der Waals surface area (Å²) in [6.07, 6.45) is 2.73. The zero-order valence-corrected chi connectivity index (χ0v) is 8.59. The second-order valence-electron chi connectivity index (χ2n) is 2.92. The number of nitrogens with two attached hydrogens (primary N) is 1. The summed E-state index contributed by atoms with van der Waals surface area (Å²) in [5.74, 6) is -0.208. The van der Waals surface area contributed by atoms with Gasteiger partial charge in [0, 0.05) is 26.4 Å². The maximum atomic E-state index is 11.4. The number of ether oxygens (including phenoxy) is 1. The van der Waals surface area contributed by atoms with Gasteiger partial charge in [0.15, 0.2) is 0 Å². The van der Waals surface area contributed by atoms with Gasteiger partial charge in [0.05, 0.1) is 12.7 Å². The van der Waals surface area contributed by atoms with Gasteiger partial charge in [0.1, 0.15) is 6.10 Å². The van der Waals surface area contributed by atoms with Crippen LogP contribution in [0.4, 0.5) is 0 Å². The van der Waals surface area contributed by atoms with E-state index in [0.29, 0.717) is 13.1 Å². The Morgan fingerprint density at radius 2 is 2.53 bits per heavy atom. The molecule has 7 heteroatoms. The van der Waals surface area contributed by atoms with Gasteiger partial charge in [-0.1, -0.05) is 5.21 Å². The number of nitrogens with one attached hydrogen (secondary N) is 1. The molecule has 1 heterocycles. The molecule has 1 aromatic rings. The van der Waals surface area contributed by atoms with Crippen molar-refractivity contribution in [2.75, 3.05) is 20.2 Å². The Labute approximate surface area is 87.6 Å². The Balaban J connectivity index is 2.22. The first-order valence-electron chi connectivity index (χ1n) is 4.62. The van der Waals surface area contributed by atoms with Crippen LogP contribution in [0.2, 0.25) is 0 Å². The van der Waals surface area contributed by atoms with Gasteiger partial charge in [-0.05, 0) is 0 Å². The Bertz CT molecular complexity index is 283. The second kappa shape index (κ2) is 6.10. The molecule has 1 aromatic heterocycles. The number of carbonyl (C=O) groups excluding carboxylic acids is 1. The fourth-order valence-electron chi connectivity index (χ4n) is 1.07. The first-order valence-corrected chi connectivity index (χ1v) is 4.62. The van der Waals surface area contributed by atoms with E-state index < -0.39 is 6.10 Å². The summed E-state index contributed by atoms with van der Waals surface area (Å²) in [5, 5.41) is 10.1. The average molecular weight is 213 g/mol. The highest BCUT2D eigenvalue weighted by Crippen LogP contribution is 1.86. The fraction of sp³-hybridized carbons (Fsp3) is 0.625. The van der Waals surface area contributed by atoms with Crippen LogP contribution in [0.5, 0.6) is 0 Å². The van der Waals surface area contributed by atoms with Gasteiger partial charge in [0.25, 0.3) is 5.91 Å². The van der Waals surface area contributed by atoms with E-state index in [2.05, 4.69) is 15.6 Å². The minimum Gasteiger partial charge on any atom is -0.370 e. The molecule has 0 bridgehead atoms. The van der Waals surface area contributed by atoms with Gasteiger partial charge in [0.2, 0.25) is 0 Å². The van der Waals surface area contributed by atoms with Crippen molar-refractivity contribution in [3.05, 3.63) is 12.4 Å². The number of rotatable bonds is 6. The molecule has 1 atom stereocenters. The second-order valence-corrected chi connectivity index (χ2v) is 2.92. The predicted octanol–water partition coefficient (Wildman–Crippen LogP) is -1.63. The normalized spacial score (nSPS) is 12.4. The molecule has 1 amide bonds. The third-order valence-corrected chi connectivity index (χ3v) is 1.90. The largest absolute Gasteiger partial charge is 0.370 e. The van der Waals surface area contributed by atoms with Crippen molar-refractivity contribution in [2.24, 2.45) is 5.73 Å². The Hall–Kier alpha value is -1.47. The summed E-state index contributed by atoms with van der Waals surface area (Å²) in [5.41, 5.74) is 5.34. The van der Waals surface area contributed by atoms with E-state index in [-0.39, 0.29) is 12.5 Å². The van der Waals surface area contributed by atoms with Crippen molar-refractivity contribution >= 4 is 5.91 Å². The number of methoxy groups -OCH3 is 1. The van der Waals surface area contributed by atoms with Gasteiger partial charge in [-0.25, -0.2) is 0 Å². The summed E-state index contributed by atoms with van der Waals surface area (Å²) in [4.78, 5) is 11.4. The molecule has 1 unspecified atom stereocenters. The van der Waals surface area contributed by atoms with Crippen LogP contribution in [0, 0.1) is 0 Å². The van der Waals surface area contributed by atoms with E-state index >= 15 is 0 Å². The monoisotopic (exact) mass is 213 g/mol.